The molecule has 5 heteroatoms. The lowest BCUT2D eigenvalue weighted by molar-refractivity contribution is 0.201. The van der Waals surface area contributed by atoms with E-state index in [4.69, 9.17) is 4.52 Å². The topological polar surface area (TPSA) is 58.4 Å². The lowest BCUT2D eigenvalue weighted by atomic mass is 9.88. The Morgan fingerprint density at radius 1 is 1.35 bits per heavy atom. The van der Waals surface area contributed by atoms with Crippen molar-refractivity contribution in [3.8, 4) is 0 Å². The number of amides is 2. The summed E-state index contributed by atoms with van der Waals surface area (Å²) in [5, 5.41) is 7.08. The third-order valence-corrected chi connectivity index (χ3v) is 4.60. The molecule has 1 N–H and O–H groups in total. The Labute approximate surface area is 136 Å². The molecule has 122 valence electrons. The first-order chi connectivity index (χ1) is 11.0. The van der Waals surface area contributed by atoms with Crippen LogP contribution in [0.4, 0.5) is 4.79 Å². The summed E-state index contributed by atoms with van der Waals surface area (Å²) in [6.45, 7) is 4.28. The number of nitrogens with one attached hydrogen (secondary N) is 1. The van der Waals surface area contributed by atoms with Crippen molar-refractivity contribution in [1.29, 1.82) is 0 Å². The van der Waals surface area contributed by atoms with Crippen molar-refractivity contribution in [3.63, 3.8) is 0 Å². The first-order valence-electron chi connectivity index (χ1n) is 8.04. The van der Waals surface area contributed by atoms with Gasteiger partial charge in [-0.15, -0.1) is 0 Å². The molecule has 23 heavy (non-hydrogen) atoms. The number of urea groups is 1. The third kappa shape index (κ3) is 3.38. The van der Waals surface area contributed by atoms with Crippen LogP contribution < -0.4 is 5.32 Å². The normalized spacial score (nSPS) is 16.7. The second-order valence-electron chi connectivity index (χ2n) is 6.32. The number of nitrogens with zero attached hydrogens (tertiary/aromatic N) is 2. The van der Waals surface area contributed by atoms with E-state index in [1.54, 1.807) is 11.9 Å². The molecule has 1 aromatic heterocycles. The molecule has 0 spiro atoms. The summed E-state index contributed by atoms with van der Waals surface area (Å²) in [5.74, 6) is 0.772. The van der Waals surface area contributed by atoms with Gasteiger partial charge in [-0.3, -0.25) is 0 Å². The Morgan fingerprint density at radius 2 is 2.09 bits per heavy atom. The maximum atomic E-state index is 12.4. The molecule has 0 saturated carbocycles. The maximum absolute atomic E-state index is 12.4. The van der Waals surface area contributed by atoms with Crippen molar-refractivity contribution >= 4 is 6.03 Å². The van der Waals surface area contributed by atoms with Gasteiger partial charge in [0, 0.05) is 18.7 Å². The number of fused-ring (bicyclic) bond motifs is 1. The molecule has 1 aromatic carbocycles. The molecule has 0 radical (unpaired) electrons. The van der Waals surface area contributed by atoms with E-state index in [1.165, 1.54) is 11.1 Å². The number of aryl methyl sites for hydroxylation is 3. The first kappa shape index (κ1) is 15.6. The average molecular weight is 313 g/mol. The van der Waals surface area contributed by atoms with Gasteiger partial charge in [0.25, 0.3) is 0 Å². The molecule has 0 fully saturated rings. The minimum atomic E-state index is -0.0469. The van der Waals surface area contributed by atoms with E-state index in [0.29, 0.717) is 6.54 Å². The summed E-state index contributed by atoms with van der Waals surface area (Å²) in [6, 6.07) is 8.62. The van der Waals surface area contributed by atoms with Gasteiger partial charge in [-0.05, 0) is 44.2 Å². The molecular weight excluding hydrogens is 290 g/mol. The number of carbonyl (C=O) groups excluding carboxylic acids is 1. The van der Waals surface area contributed by atoms with Gasteiger partial charge >= 0.3 is 6.03 Å². The van der Waals surface area contributed by atoms with E-state index < -0.39 is 0 Å². The van der Waals surface area contributed by atoms with Crippen molar-refractivity contribution in [2.45, 2.75) is 45.7 Å². The summed E-state index contributed by atoms with van der Waals surface area (Å²) >= 11 is 0. The Balaban J connectivity index is 1.59. The fourth-order valence-electron chi connectivity index (χ4n) is 3.14. The summed E-state index contributed by atoms with van der Waals surface area (Å²) in [7, 11) is 1.80. The van der Waals surface area contributed by atoms with Crippen molar-refractivity contribution in [2.24, 2.45) is 0 Å². The van der Waals surface area contributed by atoms with Crippen LogP contribution in [0.25, 0.3) is 0 Å². The summed E-state index contributed by atoms with van der Waals surface area (Å²) in [6.07, 6.45) is 2.91. The molecule has 0 aliphatic heterocycles. The highest BCUT2D eigenvalue weighted by Crippen LogP contribution is 2.21. The van der Waals surface area contributed by atoms with Gasteiger partial charge in [-0.1, -0.05) is 29.4 Å². The number of aromatic nitrogens is 1. The van der Waals surface area contributed by atoms with Gasteiger partial charge < -0.3 is 14.7 Å². The van der Waals surface area contributed by atoms with Crippen LogP contribution in [0.1, 0.15) is 34.6 Å². The standard InChI is InChI=1S/C18H23N3O2/c1-12-17(13(2)23-20-12)11-21(3)18(22)19-16-9-8-14-6-4-5-7-15(14)10-16/h4-7,16H,8-11H2,1-3H3,(H,19,22). The molecule has 3 rings (SSSR count). The van der Waals surface area contributed by atoms with E-state index in [1.807, 2.05) is 13.8 Å². The number of benzene rings is 1. The molecule has 2 aromatic rings. The predicted molar refractivity (Wildman–Crippen MR) is 88.2 cm³/mol. The fourth-order valence-corrected chi connectivity index (χ4v) is 3.14. The zero-order chi connectivity index (χ0) is 16.4. The van der Waals surface area contributed by atoms with Gasteiger partial charge in [-0.2, -0.15) is 0 Å². The second kappa shape index (κ2) is 6.44. The largest absolute Gasteiger partial charge is 0.361 e. The lowest BCUT2D eigenvalue weighted by Crippen LogP contribution is -2.45. The Kier molecular flexibility index (Phi) is 4.37. The third-order valence-electron chi connectivity index (χ3n) is 4.60. The first-order valence-corrected chi connectivity index (χ1v) is 8.04. The van der Waals surface area contributed by atoms with E-state index >= 15 is 0 Å². The van der Waals surface area contributed by atoms with Gasteiger partial charge in [0.1, 0.15) is 5.76 Å². The van der Waals surface area contributed by atoms with Gasteiger partial charge in [0.05, 0.1) is 12.2 Å². The number of carbonyl (C=O) groups is 1. The molecule has 0 saturated heterocycles. The van der Waals surface area contributed by atoms with Crippen molar-refractivity contribution in [2.75, 3.05) is 7.05 Å². The minimum absolute atomic E-state index is 0.0469. The molecule has 1 unspecified atom stereocenters. The van der Waals surface area contributed by atoms with Gasteiger partial charge in [-0.25, -0.2) is 4.79 Å². The Bertz CT molecular complexity index is 689. The van der Waals surface area contributed by atoms with Crippen molar-refractivity contribution in [1.82, 2.24) is 15.4 Å². The van der Waals surface area contributed by atoms with Crippen LogP contribution in [0, 0.1) is 13.8 Å². The van der Waals surface area contributed by atoms with E-state index in [0.717, 1.165) is 36.3 Å². The van der Waals surface area contributed by atoms with Crippen LogP contribution in [0.3, 0.4) is 0 Å². The zero-order valence-electron chi connectivity index (χ0n) is 13.9. The highest BCUT2D eigenvalue weighted by molar-refractivity contribution is 5.74. The van der Waals surface area contributed by atoms with Crippen LogP contribution in [0.2, 0.25) is 0 Å². The zero-order valence-corrected chi connectivity index (χ0v) is 13.9. The maximum Gasteiger partial charge on any atom is 0.317 e. The second-order valence-corrected chi connectivity index (χ2v) is 6.32. The van der Waals surface area contributed by atoms with Crippen molar-refractivity contribution < 1.29 is 9.32 Å². The number of hydrogen-bond acceptors (Lipinski definition) is 3. The molecule has 2 amide bonds. The molecular formula is C18H23N3O2. The average Bonchev–Trinajstić information content (AvgIpc) is 2.86. The summed E-state index contributed by atoms with van der Waals surface area (Å²) in [5.41, 5.74) is 4.57. The van der Waals surface area contributed by atoms with E-state index in [-0.39, 0.29) is 12.1 Å². The molecule has 1 aliphatic rings. The van der Waals surface area contributed by atoms with Crippen LogP contribution in [-0.2, 0) is 19.4 Å². The lowest BCUT2D eigenvalue weighted by Gasteiger charge is -2.27. The van der Waals surface area contributed by atoms with Crippen molar-refractivity contribution in [3.05, 3.63) is 52.4 Å². The molecule has 5 nitrogen and oxygen atoms in total. The Hall–Kier alpha value is -2.30. The van der Waals surface area contributed by atoms with Crippen LogP contribution in [0.15, 0.2) is 28.8 Å². The van der Waals surface area contributed by atoms with E-state index in [9.17, 15) is 4.79 Å². The molecule has 1 atom stereocenters. The number of hydrogen-bond donors (Lipinski definition) is 1. The molecule has 0 bridgehead atoms. The SMILES string of the molecule is Cc1noc(C)c1CN(C)C(=O)NC1CCc2ccccc2C1. The highest BCUT2D eigenvalue weighted by Gasteiger charge is 2.22. The summed E-state index contributed by atoms with van der Waals surface area (Å²) < 4.78 is 5.16. The Morgan fingerprint density at radius 3 is 2.78 bits per heavy atom. The van der Waals surface area contributed by atoms with Crippen LogP contribution in [0.5, 0.6) is 0 Å². The summed E-state index contributed by atoms with van der Waals surface area (Å²) in [4.78, 5) is 14.1. The van der Waals surface area contributed by atoms with E-state index in [2.05, 4.69) is 34.7 Å². The van der Waals surface area contributed by atoms with Crippen LogP contribution in [-0.4, -0.2) is 29.2 Å². The minimum Gasteiger partial charge on any atom is -0.361 e. The molecule has 1 aliphatic carbocycles. The van der Waals surface area contributed by atoms with Gasteiger partial charge in [0.15, 0.2) is 0 Å². The fraction of sp³-hybridized carbons (Fsp3) is 0.444. The quantitative estimate of drug-likeness (QED) is 0.947. The highest BCUT2D eigenvalue weighted by atomic mass is 16.5. The van der Waals surface area contributed by atoms with Crippen LogP contribution >= 0.6 is 0 Å². The monoisotopic (exact) mass is 313 g/mol. The molecule has 1 heterocycles. The smallest absolute Gasteiger partial charge is 0.317 e. The van der Waals surface area contributed by atoms with Gasteiger partial charge in [0.2, 0.25) is 0 Å². The predicted octanol–water partition coefficient (Wildman–Crippen LogP) is 2.99. The number of rotatable bonds is 3.